The Kier molecular flexibility index (Phi) is 41.4. The highest BCUT2D eigenvalue weighted by Crippen LogP contribution is 2.14. The summed E-state index contributed by atoms with van der Waals surface area (Å²) in [6.07, 6.45) is 57.9. The lowest BCUT2D eigenvalue weighted by atomic mass is 10.1. The fraction of sp³-hybridized carbons (Fsp3) is 0.809. The van der Waals surface area contributed by atoms with Crippen LogP contribution in [0.1, 0.15) is 226 Å². The number of aliphatic hydroxyl groups is 2. The van der Waals surface area contributed by atoms with Gasteiger partial charge in [0.2, 0.25) is 5.91 Å². The van der Waals surface area contributed by atoms with Crippen LogP contribution in [0.4, 0.5) is 0 Å². The van der Waals surface area contributed by atoms with Gasteiger partial charge in [0, 0.05) is 6.42 Å². The maximum Gasteiger partial charge on any atom is 0.220 e. The molecule has 0 aliphatic rings. The molecule has 0 aliphatic carbocycles. The van der Waals surface area contributed by atoms with Gasteiger partial charge in [0.25, 0.3) is 0 Å². The van der Waals surface area contributed by atoms with E-state index in [0.717, 1.165) is 51.4 Å². The minimum Gasteiger partial charge on any atom is -0.394 e. The first-order chi connectivity index (χ1) is 25.2. The summed E-state index contributed by atoms with van der Waals surface area (Å²) in [6.45, 7) is 4.29. The molecule has 3 N–H and O–H groups in total. The van der Waals surface area contributed by atoms with Crippen LogP contribution in [0.25, 0.3) is 0 Å². The van der Waals surface area contributed by atoms with Crippen molar-refractivity contribution in [3.63, 3.8) is 0 Å². The zero-order valence-electron chi connectivity index (χ0n) is 34.1. The lowest BCUT2D eigenvalue weighted by molar-refractivity contribution is -0.123. The first kappa shape index (κ1) is 49.4. The number of carbonyl (C=O) groups is 1. The molecule has 298 valence electrons. The smallest absolute Gasteiger partial charge is 0.220 e. The van der Waals surface area contributed by atoms with E-state index < -0.39 is 12.1 Å². The Balaban J connectivity index is 3.66. The van der Waals surface area contributed by atoms with E-state index in [0.29, 0.717) is 6.42 Å². The summed E-state index contributed by atoms with van der Waals surface area (Å²) in [7, 11) is 0. The average molecular weight is 714 g/mol. The Morgan fingerprint density at radius 1 is 0.451 bits per heavy atom. The maximum atomic E-state index is 12.4. The first-order valence-electron chi connectivity index (χ1n) is 22.4. The van der Waals surface area contributed by atoms with E-state index in [-0.39, 0.29) is 12.5 Å². The fourth-order valence-electron chi connectivity index (χ4n) is 6.56. The third kappa shape index (κ3) is 39.4. The molecule has 4 nitrogen and oxygen atoms in total. The number of hydrogen-bond donors (Lipinski definition) is 3. The number of allylic oxidation sites excluding steroid dienone is 7. The van der Waals surface area contributed by atoms with Crippen LogP contribution in [-0.2, 0) is 4.79 Å². The second-order valence-electron chi connectivity index (χ2n) is 15.1. The predicted octanol–water partition coefficient (Wildman–Crippen LogP) is 14.0. The van der Waals surface area contributed by atoms with Gasteiger partial charge >= 0.3 is 0 Å². The van der Waals surface area contributed by atoms with Crippen LogP contribution in [0, 0.1) is 0 Å². The van der Waals surface area contributed by atoms with Crippen molar-refractivity contribution in [1.82, 2.24) is 5.32 Å². The summed E-state index contributed by atoms with van der Waals surface area (Å²) in [6, 6.07) is -0.650. The SMILES string of the molecule is CCCCCCCCCCC/C=C\CCCCCCCC(=O)NC(CO)C(O)/C=C/CC/C=C/CC/C=C/CCCCCCCCCCCCC. The second-order valence-corrected chi connectivity index (χ2v) is 15.1. The van der Waals surface area contributed by atoms with Crippen molar-refractivity contribution >= 4 is 5.91 Å². The number of rotatable bonds is 40. The van der Waals surface area contributed by atoms with Crippen LogP contribution in [-0.4, -0.2) is 34.9 Å². The van der Waals surface area contributed by atoms with Gasteiger partial charge in [-0.15, -0.1) is 0 Å². The van der Waals surface area contributed by atoms with Crippen molar-refractivity contribution in [3.05, 3.63) is 48.6 Å². The number of aliphatic hydroxyl groups excluding tert-OH is 2. The number of nitrogens with one attached hydrogen (secondary N) is 1. The molecule has 0 saturated heterocycles. The molecule has 0 aliphatic heterocycles. The lowest BCUT2D eigenvalue weighted by Crippen LogP contribution is -2.45. The van der Waals surface area contributed by atoms with E-state index >= 15 is 0 Å². The minimum atomic E-state index is -0.873. The molecule has 0 aromatic rings. The molecular weight excluding hydrogens is 627 g/mol. The van der Waals surface area contributed by atoms with Crippen molar-refractivity contribution in [2.75, 3.05) is 6.61 Å². The van der Waals surface area contributed by atoms with Crippen LogP contribution in [0.5, 0.6) is 0 Å². The largest absolute Gasteiger partial charge is 0.394 e. The van der Waals surface area contributed by atoms with Crippen LogP contribution < -0.4 is 5.32 Å². The number of carbonyl (C=O) groups excluding carboxylic acids is 1. The maximum absolute atomic E-state index is 12.4. The van der Waals surface area contributed by atoms with E-state index in [2.05, 4.69) is 55.6 Å². The van der Waals surface area contributed by atoms with Gasteiger partial charge in [0.15, 0.2) is 0 Å². The normalized spacial score (nSPS) is 13.4. The molecule has 51 heavy (non-hydrogen) atoms. The van der Waals surface area contributed by atoms with Gasteiger partial charge in [-0.3, -0.25) is 4.79 Å². The van der Waals surface area contributed by atoms with Crippen molar-refractivity contribution in [2.24, 2.45) is 0 Å². The standard InChI is InChI=1S/C47H87NO3/c1-3-5-7-9-11-13-15-17-19-21-23-24-25-26-28-30-32-34-36-38-40-42-46(50)45(44-49)48-47(51)43-41-39-37-35-33-31-29-27-22-20-18-16-14-12-10-8-6-4-2/h25-27,29,32,34,40,42,45-46,49-50H,3-24,28,30-31,33,35-39,41,43-44H2,1-2H3,(H,48,51)/b26-25+,29-27-,34-32+,42-40+. The average Bonchev–Trinajstić information content (AvgIpc) is 3.13. The van der Waals surface area contributed by atoms with Crippen LogP contribution in [0.15, 0.2) is 48.6 Å². The van der Waals surface area contributed by atoms with E-state index in [1.54, 1.807) is 6.08 Å². The van der Waals surface area contributed by atoms with Gasteiger partial charge in [-0.05, 0) is 70.6 Å². The molecule has 0 aromatic heterocycles. The van der Waals surface area contributed by atoms with E-state index in [4.69, 9.17) is 0 Å². The molecule has 0 rings (SSSR count). The van der Waals surface area contributed by atoms with E-state index in [9.17, 15) is 15.0 Å². The van der Waals surface area contributed by atoms with Crippen molar-refractivity contribution in [3.8, 4) is 0 Å². The summed E-state index contributed by atoms with van der Waals surface area (Å²) >= 11 is 0. The number of hydrogen-bond acceptors (Lipinski definition) is 3. The van der Waals surface area contributed by atoms with Gasteiger partial charge in [0.1, 0.15) is 0 Å². The molecule has 1 amide bonds. The molecule has 0 fully saturated rings. The molecule has 0 saturated carbocycles. The molecule has 2 unspecified atom stereocenters. The topological polar surface area (TPSA) is 69.6 Å². The quantitative estimate of drug-likeness (QED) is 0.0437. The Hall–Kier alpha value is -1.65. The minimum absolute atomic E-state index is 0.0864. The molecule has 4 heteroatoms. The van der Waals surface area contributed by atoms with Gasteiger partial charge < -0.3 is 15.5 Å². The Morgan fingerprint density at radius 3 is 1.14 bits per heavy atom. The predicted molar refractivity (Wildman–Crippen MR) is 225 cm³/mol. The van der Waals surface area contributed by atoms with Gasteiger partial charge in [0.05, 0.1) is 18.8 Å². The summed E-state index contributed by atoms with van der Waals surface area (Å²) < 4.78 is 0. The van der Waals surface area contributed by atoms with Gasteiger partial charge in [-0.1, -0.05) is 197 Å². The zero-order chi connectivity index (χ0) is 37.1. The van der Waals surface area contributed by atoms with Gasteiger partial charge in [-0.2, -0.15) is 0 Å². The molecule has 0 heterocycles. The molecular formula is C47H87NO3. The fourth-order valence-corrected chi connectivity index (χ4v) is 6.56. The highest BCUT2D eigenvalue weighted by atomic mass is 16.3. The third-order valence-electron chi connectivity index (χ3n) is 10.0. The third-order valence-corrected chi connectivity index (χ3v) is 10.0. The monoisotopic (exact) mass is 714 g/mol. The molecule has 0 radical (unpaired) electrons. The molecule has 0 bridgehead atoms. The van der Waals surface area contributed by atoms with Crippen molar-refractivity contribution in [2.45, 2.75) is 238 Å². The second kappa shape index (κ2) is 42.8. The number of unbranched alkanes of at least 4 members (excludes halogenated alkanes) is 27. The summed E-state index contributed by atoms with van der Waals surface area (Å²) in [5.41, 5.74) is 0. The Bertz CT molecular complexity index is 816. The summed E-state index contributed by atoms with van der Waals surface area (Å²) in [4.78, 5) is 12.4. The van der Waals surface area contributed by atoms with Gasteiger partial charge in [-0.25, -0.2) is 0 Å². The summed E-state index contributed by atoms with van der Waals surface area (Å²) in [5.74, 6) is -0.0864. The Morgan fingerprint density at radius 2 is 0.765 bits per heavy atom. The van der Waals surface area contributed by atoms with Crippen molar-refractivity contribution < 1.29 is 15.0 Å². The van der Waals surface area contributed by atoms with E-state index in [1.807, 2.05) is 6.08 Å². The molecule has 2 atom stereocenters. The highest BCUT2D eigenvalue weighted by Gasteiger charge is 2.17. The molecule has 0 aromatic carbocycles. The molecule has 0 spiro atoms. The zero-order valence-corrected chi connectivity index (χ0v) is 34.1. The van der Waals surface area contributed by atoms with Crippen LogP contribution in [0.2, 0.25) is 0 Å². The van der Waals surface area contributed by atoms with Crippen LogP contribution >= 0.6 is 0 Å². The van der Waals surface area contributed by atoms with E-state index in [1.165, 1.54) is 154 Å². The summed E-state index contributed by atoms with van der Waals surface area (Å²) in [5, 5.41) is 23.0. The lowest BCUT2D eigenvalue weighted by Gasteiger charge is -2.19. The highest BCUT2D eigenvalue weighted by molar-refractivity contribution is 5.76. The number of amides is 1. The van der Waals surface area contributed by atoms with Crippen LogP contribution in [0.3, 0.4) is 0 Å². The first-order valence-corrected chi connectivity index (χ1v) is 22.4. The van der Waals surface area contributed by atoms with Crippen molar-refractivity contribution in [1.29, 1.82) is 0 Å². The Labute approximate surface area is 318 Å².